The second-order valence-corrected chi connectivity index (χ2v) is 8.61. The molecule has 1 aromatic carbocycles. The molecule has 1 aliphatic rings. The third kappa shape index (κ3) is 6.88. The summed E-state index contributed by atoms with van der Waals surface area (Å²) in [6.07, 6.45) is 3.43. The van der Waals surface area contributed by atoms with Gasteiger partial charge >= 0.3 is 0 Å². The molecule has 0 bridgehead atoms. The van der Waals surface area contributed by atoms with Crippen LogP contribution in [0.3, 0.4) is 0 Å². The Bertz CT molecular complexity index is 777. The second-order valence-electron chi connectivity index (χ2n) is 8.61. The van der Waals surface area contributed by atoms with E-state index in [9.17, 15) is 4.79 Å². The van der Waals surface area contributed by atoms with Crippen molar-refractivity contribution in [2.24, 2.45) is 5.92 Å². The molecule has 1 unspecified atom stereocenters. The number of nitrogens with one attached hydrogen (secondary N) is 1. The monoisotopic (exact) mass is 413 g/mol. The van der Waals surface area contributed by atoms with Crippen molar-refractivity contribution in [1.29, 1.82) is 0 Å². The van der Waals surface area contributed by atoms with Gasteiger partial charge in [-0.25, -0.2) is 4.68 Å². The number of piperidine rings is 1. The van der Waals surface area contributed by atoms with E-state index < -0.39 is 0 Å². The van der Waals surface area contributed by atoms with Crippen LogP contribution in [0.15, 0.2) is 30.3 Å². The summed E-state index contributed by atoms with van der Waals surface area (Å²) in [6.45, 7) is 9.00. The van der Waals surface area contributed by atoms with Crippen molar-refractivity contribution in [2.45, 2.75) is 52.2 Å². The molecule has 8 nitrogen and oxygen atoms in total. The quantitative estimate of drug-likeness (QED) is 0.637. The molecule has 0 spiro atoms. The molecule has 1 atom stereocenters. The first-order chi connectivity index (χ1) is 14.5. The molecule has 164 valence electrons. The highest BCUT2D eigenvalue weighted by molar-refractivity contribution is 5.75. The van der Waals surface area contributed by atoms with Crippen molar-refractivity contribution >= 4 is 5.91 Å². The Kier molecular flexibility index (Phi) is 8.33. The van der Waals surface area contributed by atoms with Crippen molar-refractivity contribution < 1.29 is 4.79 Å². The lowest BCUT2D eigenvalue weighted by atomic mass is 9.97. The Labute approximate surface area is 179 Å². The molecular weight excluding hydrogens is 378 g/mol. The molecule has 1 amide bonds. The number of aromatic nitrogens is 4. The van der Waals surface area contributed by atoms with Gasteiger partial charge in [-0.05, 0) is 68.6 Å². The molecule has 8 heteroatoms. The summed E-state index contributed by atoms with van der Waals surface area (Å²) >= 11 is 0. The number of rotatable bonds is 10. The topological polar surface area (TPSA) is 79.2 Å². The maximum atomic E-state index is 12.5. The molecule has 1 aromatic heterocycles. The molecular formula is C22H35N7O. The minimum absolute atomic E-state index is 0.0304. The summed E-state index contributed by atoms with van der Waals surface area (Å²) in [6, 6.07) is 11.0. The average molecular weight is 414 g/mol. The third-order valence-corrected chi connectivity index (χ3v) is 5.92. The number of nitrogens with zero attached hydrogens (tertiary/aromatic N) is 6. The summed E-state index contributed by atoms with van der Waals surface area (Å²) in [7, 11) is 2.02. The first kappa shape index (κ1) is 22.4. The SMILES string of the molecule is CC(C)N(C)Cc1nnnn1CC(=O)NCC1CCCN(CCc2ccccc2)C1. The second kappa shape index (κ2) is 11.2. The Balaban J connectivity index is 1.41. The van der Waals surface area contributed by atoms with Crippen LogP contribution >= 0.6 is 0 Å². The van der Waals surface area contributed by atoms with Crippen molar-refractivity contribution in [3.05, 3.63) is 41.7 Å². The Morgan fingerprint density at radius 2 is 2.10 bits per heavy atom. The van der Waals surface area contributed by atoms with E-state index in [1.165, 1.54) is 12.0 Å². The van der Waals surface area contributed by atoms with Gasteiger partial charge in [0.2, 0.25) is 5.91 Å². The first-order valence-corrected chi connectivity index (χ1v) is 11.0. The number of carbonyl (C=O) groups is 1. The molecule has 30 heavy (non-hydrogen) atoms. The number of amides is 1. The fourth-order valence-electron chi connectivity index (χ4n) is 3.77. The van der Waals surface area contributed by atoms with Crippen LogP contribution in [-0.4, -0.2) is 75.2 Å². The average Bonchev–Trinajstić information content (AvgIpc) is 3.18. The summed E-state index contributed by atoms with van der Waals surface area (Å²) in [5.74, 6) is 1.18. The third-order valence-electron chi connectivity index (χ3n) is 5.92. The molecule has 1 aliphatic heterocycles. The van der Waals surface area contributed by atoms with Crippen LogP contribution in [0, 0.1) is 5.92 Å². The fraction of sp³-hybridized carbons (Fsp3) is 0.636. The number of benzene rings is 1. The summed E-state index contributed by atoms with van der Waals surface area (Å²) in [5, 5.41) is 14.9. The highest BCUT2D eigenvalue weighted by Crippen LogP contribution is 2.16. The number of likely N-dealkylation sites (tertiary alicyclic amines) is 1. The predicted molar refractivity (Wildman–Crippen MR) is 117 cm³/mol. The highest BCUT2D eigenvalue weighted by atomic mass is 16.2. The highest BCUT2D eigenvalue weighted by Gasteiger charge is 2.21. The van der Waals surface area contributed by atoms with Crippen LogP contribution in [0.2, 0.25) is 0 Å². The van der Waals surface area contributed by atoms with Gasteiger partial charge in [-0.15, -0.1) is 5.10 Å². The van der Waals surface area contributed by atoms with E-state index in [0.717, 1.165) is 32.5 Å². The lowest BCUT2D eigenvalue weighted by Gasteiger charge is -2.32. The number of tetrazole rings is 1. The standard InChI is InChI=1S/C22H35N7O/c1-18(2)27(3)16-21-24-25-26-29(21)17-22(30)23-14-20-10-7-12-28(15-20)13-11-19-8-5-4-6-9-19/h4-6,8-9,18,20H,7,10-17H2,1-3H3,(H,23,30). The largest absolute Gasteiger partial charge is 0.354 e. The minimum atomic E-state index is -0.0304. The van der Waals surface area contributed by atoms with E-state index in [2.05, 4.69) is 74.8 Å². The molecule has 1 saturated heterocycles. The molecule has 0 saturated carbocycles. The van der Waals surface area contributed by atoms with Crippen molar-refractivity contribution in [3.63, 3.8) is 0 Å². The van der Waals surface area contributed by atoms with Gasteiger partial charge in [0.1, 0.15) is 6.54 Å². The zero-order valence-electron chi connectivity index (χ0n) is 18.5. The van der Waals surface area contributed by atoms with Gasteiger partial charge in [0, 0.05) is 25.7 Å². The Morgan fingerprint density at radius 1 is 1.30 bits per heavy atom. The number of hydrogen-bond donors (Lipinski definition) is 1. The number of hydrogen-bond acceptors (Lipinski definition) is 6. The Hall–Kier alpha value is -2.32. The van der Waals surface area contributed by atoms with E-state index in [0.29, 0.717) is 30.9 Å². The molecule has 0 radical (unpaired) electrons. The summed E-state index contributed by atoms with van der Waals surface area (Å²) < 4.78 is 1.60. The van der Waals surface area contributed by atoms with Crippen LogP contribution in [0.5, 0.6) is 0 Å². The van der Waals surface area contributed by atoms with Gasteiger partial charge in [0.25, 0.3) is 0 Å². The lowest BCUT2D eigenvalue weighted by Crippen LogP contribution is -2.42. The zero-order valence-corrected chi connectivity index (χ0v) is 18.5. The molecule has 2 aromatic rings. The van der Waals surface area contributed by atoms with Crippen LogP contribution in [0.4, 0.5) is 0 Å². The maximum absolute atomic E-state index is 12.5. The van der Waals surface area contributed by atoms with Crippen molar-refractivity contribution in [2.75, 3.05) is 33.2 Å². The van der Waals surface area contributed by atoms with Crippen LogP contribution in [0.1, 0.15) is 38.1 Å². The van der Waals surface area contributed by atoms with E-state index in [-0.39, 0.29) is 12.5 Å². The lowest BCUT2D eigenvalue weighted by molar-refractivity contribution is -0.122. The summed E-state index contributed by atoms with van der Waals surface area (Å²) in [5.41, 5.74) is 1.38. The molecule has 2 heterocycles. The number of carbonyl (C=O) groups excluding carboxylic acids is 1. The van der Waals surface area contributed by atoms with Crippen molar-refractivity contribution in [1.82, 2.24) is 35.3 Å². The smallest absolute Gasteiger partial charge is 0.241 e. The van der Waals surface area contributed by atoms with Gasteiger partial charge < -0.3 is 10.2 Å². The molecule has 1 N–H and O–H groups in total. The van der Waals surface area contributed by atoms with E-state index >= 15 is 0 Å². The van der Waals surface area contributed by atoms with Crippen LogP contribution in [-0.2, 0) is 24.3 Å². The van der Waals surface area contributed by atoms with Gasteiger partial charge in [-0.1, -0.05) is 30.3 Å². The maximum Gasteiger partial charge on any atom is 0.241 e. The van der Waals surface area contributed by atoms with Crippen LogP contribution in [0.25, 0.3) is 0 Å². The van der Waals surface area contributed by atoms with Gasteiger partial charge in [0.05, 0.1) is 6.54 Å². The molecule has 3 rings (SSSR count). The van der Waals surface area contributed by atoms with Gasteiger partial charge in [-0.2, -0.15) is 0 Å². The Morgan fingerprint density at radius 3 is 2.87 bits per heavy atom. The fourth-order valence-corrected chi connectivity index (χ4v) is 3.77. The first-order valence-electron chi connectivity index (χ1n) is 11.0. The molecule has 0 aliphatic carbocycles. The van der Waals surface area contributed by atoms with E-state index in [1.807, 2.05) is 7.05 Å². The van der Waals surface area contributed by atoms with Gasteiger partial charge in [0.15, 0.2) is 5.82 Å². The predicted octanol–water partition coefficient (Wildman–Crippen LogP) is 1.58. The normalized spacial score (nSPS) is 17.6. The van der Waals surface area contributed by atoms with E-state index in [4.69, 9.17) is 0 Å². The zero-order chi connectivity index (χ0) is 21.3. The van der Waals surface area contributed by atoms with Crippen LogP contribution < -0.4 is 5.32 Å². The summed E-state index contributed by atoms with van der Waals surface area (Å²) in [4.78, 5) is 17.1. The van der Waals surface area contributed by atoms with Gasteiger partial charge in [-0.3, -0.25) is 9.69 Å². The minimum Gasteiger partial charge on any atom is -0.354 e. The van der Waals surface area contributed by atoms with Crippen molar-refractivity contribution in [3.8, 4) is 0 Å². The van der Waals surface area contributed by atoms with E-state index in [1.54, 1.807) is 4.68 Å². The molecule has 1 fully saturated rings.